The molecule has 25 heavy (non-hydrogen) atoms. The molecule has 0 spiro atoms. The zero-order valence-corrected chi connectivity index (χ0v) is 16.4. The van der Waals surface area contributed by atoms with E-state index in [-0.39, 0.29) is 11.8 Å². The number of halogens is 1. The van der Waals surface area contributed by atoms with Crippen molar-refractivity contribution in [3.63, 3.8) is 0 Å². The summed E-state index contributed by atoms with van der Waals surface area (Å²) in [6.07, 6.45) is 0.594. The summed E-state index contributed by atoms with van der Waals surface area (Å²) in [4.78, 5) is 27.1. The number of benzene rings is 1. The van der Waals surface area contributed by atoms with Gasteiger partial charge in [-0.3, -0.25) is 9.59 Å². The minimum Gasteiger partial charge on any atom is -0.353 e. The lowest BCUT2D eigenvalue weighted by Crippen LogP contribution is -2.48. The van der Waals surface area contributed by atoms with Crippen molar-refractivity contribution in [1.82, 2.24) is 15.5 Å². The molecule has 140 valence electrons. The highest BCUT2D eigenvalue weighted by atomic mass is 35.5. The standard InChI is InChI=1S/C19H30ClN3O2/c1-5-23(6-2)12-11-21-19(25)17(13-14(3)4)22-18(24)15-7-9-16(20)10-8-15/h7-10,14,17H,5-6,11-13H2,1-4H3,(H,21,25)(H,22,24). The van der Waals surface area contributed by atoms with E-state index in [4.69, 9.17) is 11.6 Å². The van der Waals surface area contributed by atoms with Gasteiger partial charge >= 0.3 is 0 Å². The van der Waals surface area contributed by atoms with Crippen LogP contribution in [-0.2, 0) is 4.79 Å². The second-order valence-corrected chi connectivity index (χ2v) is 6.92. The number of hydrogen-bond donors (Lipinski definition) is 2. The van der Waals surface area contributed by atoms with Crippen molar-refractivity contribution in [2.75, 3.05) is 26.2 Å². The van der Waals surface area contributed by atoms with Crippen LogP contribution in [0.4, 0.5) is 0 Å². The number of rotatable bonds is 10. The first-order valence-corrected chi connectivity index (χ1v) is 9.31. The van der Waals surface area contributed by atoms with Gasteiger partial charge in [-0.15, -0.1) is 0 Å². The van der Waals surface area contributed by atoms with Gasteiger partial charge in [0, 0.05) is 23.7 Å². The fourth-order valence-corrected chi connectivity index (χ4v) is 2.67. The van der Waals surface area contributed by atoms with Gasteiger partial charge in [-0.05, 0) is 49.7 Å². The predicted molar refractivity (Wildman–Crippen MR) is 103 cm³/mol. The third kappa shape index (κ3) is 7.88. The highest BCUT2D eigenvalue weighted by Gasteiger charge is 2.22. The zero-order chi connectivity index (χ0) is 18.8. The Morgan fingerprint density at radius 2 is 1.72 bits per heavy atom. The van der Waals surface area contributed by atoms with Gasteiger partial charge in [0.15, 0.2) is 0 Å². The Kier molecular flexibility index (Phi) is 9.53. The van der Waals surface area contributed by atoms with E-state index in [2.05, 4.69) is 29.4 Å². The number of hydrogen-bond acceptors (Lipinski definition) is 3. The van der Waals surface area contributed by atoms with Crippen LogP contribution in [0, 0.1) is 5.92 Å². The van der Waals surface area contributed by atoms with E-state index >= 15 is 0 Å². The quantitative estimate of drug-likeness (QED) is 0.668. The summed E-state index contributed by atoms with van der Waals surface area (Å²) < 4.78 is 0. The maximum absolute atomic E-state index is 12.5. The molecule has 5 nitrogen and oxygen atoms in total. The van der Waals surface area contributed by atoms with Gasteiger partial charge in [0.1, 0.15) is 6.04 Å². The SMILES string of the molecule is CCN(CC)CCNC(=O)C(CC(C)C)NC(=O)c1ccc(Cl)cc1. The highest BCUT2D eigenvalue weighted by molar-refractivity contribution is 6.30. The van der Waals surface area contributed by atoms with Crippen LogP contribution in [0.2, 0.25) is 5.02 Å². The van der Waals surface area contributed by atoms with E-state index in [1.807, 2.05) is 13.8 Å². The van der Waals surface area contributed by atoms with Crippen LogP contribution in [0.1, 0.15) is 44.5 Å². The van der Waals surface area contributed by atoms with Gasteiger partial charge < -0.3 is 15.5 Å². The number of carbonyl (C=O) groups is 2. The summed E-state index contributed by atoms with van der Waals surface area (Å²) >= 11 is 5.85. The first kappa shape index (κ1) is 21.5. The molecule has 1 atom stereocenters. The maximum atomic E-state index is 12.5. The number of nitrogens with zero attached hydrogens (tertiary/aromatic N) is 1. The third-order valence-electron chi connectivity index (χ3n) is 4.06. The topological polar surface area (TPSA) is 61.4 Å². The molecule has 1 unspecified atom stereocenters. The van der Waals surface area contributed by atoms with Crippen LogP contribution >= 0.6 is 11.6 Å². The average molecular weight is 368 g/mol. The lowest BCUT2D eigenvalue weighted by atomic mass is 10.0. The van der Waals surface area contributed by atoms with E-state index in [9.17, 15) is 9.59 Å². The summed E-state index contributed by atoms with van der Waals surface area (Å²) in [5.74, 6) is -0.103. The Bertz CT molecular complexity index is 542. The smallest absolute Gasteiger partial charge is 0.251 e. The number of carbonyl (C=O) groups excluding carboxylic acids is 2. The van der Waals surface area contributed by atoms with E-state index in [0.29, 0.717) is 29.5 Å². The molecule has 0 aliphatic carbocycles. The van der Waals surface area contributed by atoms with E-state index in [1.54, 1.807) is 24.3 Å². The fraction of sp³-hybridized carbons (Fsp3) is 0.579. The molecule has 6 heteroatoms. The number of amides is 2. The van der Waals surface area contributed by atoms with Crippen LogP contribution < -0.4 is 10.6 Å². The summed E-state index contributed by atoms with van der Waals surface area (Å²) in [5, 5.41) is 6.35. The zero-order valence-electron chi connectivity index (χ0n) is 15.6. The van der Waals surface area contributed by atoms with Crippen LogP contribution in [0.15, 0.2) is 24.3 Å². The second kappa shape index (κ2) is 11.1. The lowest BCUT2D eigenvalue weighted by molar-refractivity contribution is -0.123. The van der Waals surface area contributed by atoms with Gasteiger partial charge in [-0.25, -0.2) is 0 Å². The molecule has 1 aromatic rings. The van der Waals surface area contributed by atoms with Crippen molar-refractivity contribution in [2.24, 2.45) is 5.92 Å². The number of nitrogens with one attached hydrogen (secondary N) is 2. The molecule has 0 aromatic heterocycles. The fourth-order valence-electron chi connectivity index (χ4n) is 2.55. The molecule has 2 amide bonds. The first-order chi connectivity index (χ1) is 11.9. The van der Waals surface area contributed by atoms with Gasteiger partial charge in [0.05, 0.1) is 0 Å². The molecular weight excluding hydrogens is 338 g/mol. The first-order valence-electron chi connectivity index (χ1n) is 8.93. The second-order valence-electron chi connectivity index (χ2n) is 6.48. The van der Waals surface area contributed by atoms with Crippen molar-refractivity contribution in [3.8, 4) is 0 Å². The van der Waals surface area contributed by atoms with Crippen LogP contribution in [0.3, 0.4) is 0 Å². The Hall–Kier alpha value is -1.59. The van der Waals surface area contributed by atoms with E-state index < -0.39 is 6.04 Å². The molecule has 0 saturated heterocycles. The van der Waals surface area contributed by atoms with Gasteiger partial charge in [0.2, 0.25) is 5.91 Å². The Balaban J connectivity index is 2.64. The average Bonchev–Trinajstić information content (AvgIpc) is 2.58. The minimum atomic E-state index is -0.542. The van der Waals surface area contributed by atoms with Gasteiger partial charge in [-0.1, -0.05) is 39.3 Å². The predicted octanol–water partition coefficient (Wildman–Crippen LogP) is 2.94. The Labute approximate surface area is 156 Å². The molecule has 0 aliphatic heterocycles. The summed E-state index contributed by atoms with van der Waals surface area (Å²) in [5.41, 5.74) is 0.495. The van der Waals surface area contributed by atoms with E-state index in [1.165, 1.54) is 0 Å². The molecule has 0 radical (unpaired) electrons. The van der Waals surface area contributed by atoms with Crippen LogP contribution in [-0.4, -0.2) is 48.9 Å². The Morgan fingerprint density at radius 3 is 2.24 bits per heavy atom. The largest absolute Gasteiger partial charge is 0.353 e. The van der Waals surface area contributed by atoms with Crippen molar-refractivity contribution in [2.45, 2.75) is 40.2 Å². The molecule has 2 N–H and O–H groups in total. The maximum Gasteiger partial charge on any atom is 0.251 e. The highest BCUT2D eigenvalue weighted by Crippen LogP contribution is 2.11. The number of likely N-dealkylation sites (N-methyl/N-ethyl adjacent to an activating group) is 1. The summed E-state index contributed by atoms with van der Waals surface area (Å²) in [6, 6.07) is 6.10. The molecular formula is C19H30ClN3O2. The van der Waals surface area contributed by atoms with Crippen LogP contribution in [0.25, 0.3) is 0 Å². The minimum absolute atomic E-state index is 0.136. The van der Waals surface area contributed by atoms with Gasteiger partial charge in [0.25, 0.3) is 5.91 Å². The third-order valence-corrected chi connectivity index (χ3v) is 4.31. The summed E-state index contributed by atoms with van der Waals surface area (Å²) in [7, 11) is 0. The van der Waals surface area contributed by atoms with Crippen LogP contribution in [0.5, 0.6) is 0 Å². The monoisotopic (exact) mass is 367 g/mol. The van der Waals surface area contributed by atoms with Crippen molar-refractivity contribution in [1.29, 1.82) is 0 Å². The Morgan fingerprint density at radius 1 is 1.12 bits per heavy atom. The van der Waals surface area contributed by atoms with Crippen molar-refractivity contribution in [3.05, 3.63) is 34.9 Å². The molecule has 1 aromatic carbocycles. The molecule has 0 saturated carbocycles. The molecule has 0 fully saturated rings. The van der Waals surface area contributed by atoms with Crippen molar-refractivity contribution < 1.29 is 9.59 Å². The van der Waals surface area contributed by atoms with E-state index in [0.717, 1.165) is 19.6 Å². The molecule has 0 bridgehead atoms. The lowest BCUT2D eigenvalue weighted by Gasteiger charge is -2.22. The molecule has 1 rings (SSSR count). The molecule has 0 aliphatic rings. The summed E-state index contributed by atoms with van der Waals surface area (Å²) in [6.45, 7) is 11.5. The normalized spacial score (nSPS) is 12.3. The van der Waals surface area contributed by atoms with Gasteiger partial charge in [-0.2, -0.15) is 0 Å². The molecule has 0 heterocycles. The van der Waals surface area contributed by atoms with Crippen molar-refractivity contribution >= 4 is 23.4 Å².